The zero-order chi connectivity index (χ0) is 16.8. The van der Waals surface area contributed by atoms with Crippen molar-refractivity contribution in [2.75, 3.05) is 10.6 Å². The first-order valence-corrected chi connectivity index (χ1v) is 7.44. The van der Waals surface area contributed by atoms with Crippen LogP contribution in [-0.2, 0) is 16.0 Å². The molecule has 0 atom stereocenters. The second kappa shape index (κ2) is 7.54. The molecule has 4 nitrogen and oxygen atoms in total. The van der Waals surface area contributed by atoms with Gasteiger partial charge in [0, 0.05) is 5.69 Å². The maximum absolute atomic E-state index is 13.5. The number of aryl methyl sites for hydroxylation is 2. The molecule has 2 amide bonds. The number of hydrogen-bond donors (Lipinski definition) is 2. The summed E-state index contributed by atoms with van der Waals surface area (Å²) < 4.78 is 13.5. The van der Waals surface area contributed by atoms with E-state index in [2.05, 4.69) is 10.6 Å². The third-order valence-electron chi connectivity index (χ3n) is 3.47. The summed E-state index contributed by atoms with van der Waals surface area (Å²) in [6, 6.07) is 11.6. The highest BCUT2D eigenvalue weighted by atomic mass is 19.1. The number of anilines is 2. The fourth-order valence-electron chi connectivity index (χ4n) is 2.29. The Morgan fingerprint density at radius 3 is 2.39 bits per heavy atom. The van der Waals surface area contributed by atoms with Crippen LogP contribution < -0.4 is 10.6 Å². The molecule has 2 rings (SSSR count). The lowest BCUT2D eigenvalue weighted by molar-refractivity contribution is -0.123. The fourth-order valence-corrected chi connectivity index (χ4v) is 2.29. The summed E-state index contributed by atoms with van der Waals surface area (Å²) in [5, 5.41) is 5.16. The number of carbonyl (C=O) groups excluding carboxylic acids is 2. The Morgan fingerprint density at radius 1 is 1.00 bits per heavy atom. The van der Waals surface area contributed by atoms with E-state index in [0.717, 1.165) is 23.2 Å². The summed E-state index contributed by atoms with van der Waals surface area (Å²) >= 11 is 0. The molecule has 2 aromatic carbocycles. The number of para-hydroxylation sites is 2. The van der Waals surface area contributed by atoms with E-state index in [-0.39, 0.29) is 12.1 Å². The highest BCUT2D eigenvalue weighted by molar-refractivity contribution is 6.08. The second-order valence-electron chi connectivity index (χ2n) is 5.22. The van der Waals surface area contributed by atoms with Crippen LogP contribution in [0, 0.1) is 12.7 Å². The highest BCUT2D eigenvalue weighted by Crippen LogP contribution is 2.21. The van der Waals surface area contributed by atoms with Gasteiger partial charge < -0.3 is 10.6 Å². The molecule has 0 spiro atoms. The Kier molecular flexibility index (Phi) is 5.46. The van der Waals surface area contributed by atoms with E-state index in [0.29, 0.717) is 0 Å². The van der Waals surface area contributed by atoms with Crippen LogP contribution in [0.2, 0.25) is 0 Å². The summed E-state index contributed by atoms with van der Waals surface area (Å²) in [7, 11) is 0. The van der Waals surface area contributed by atoms with Gasteiger partial charge in [-0.3, -0.25) is 9.59 Å². The van der Waals surface area contributed by atoms with Crippen LogP contribution in [0.4, 0.5) is 15.8 Å². The van der Waals surface area contributed by atoms with Crippen molar-refractivity contribution in [2.45, 2.75) is 26.7 Å². The predicted octanol–water partition coefficient (Wildman–Crippen LogP) is 3.66. The van der Waals surface area contributed by atoms with E-state index in [4.69, 9.17) is 0 Å². The van der Waals surface area contributed by atoms with Gasteiger partial charge in [0.05, 0.1) is 5.69 Å². The first kappa shape index (κ1) is 16.7. The third-order valence-corrected chi connectivity index (χ3v) is 3.47. The average Bonchev–Trinajstić information content (AvgIpc) is 2.51. The molecule has 2 aromatic rings. The molecule has 0 aliphatic heterocycles. The second-order valence-corrected chi connectivity index (χ2v) is 5.22. The lowest BCUT2D eigenvalue weighted by Crippen LogP contribution is -2.22. The van der Waals surface area contributed by atoms with E-state index in [9.17, 15) is 14.0 Å². The summed E-state index contributed by atoms with van der Waals surface area (Å²) in [6.07, 6.45) is 0.407. The fraction of sp³-hybridized carbons (Fsp3) is 0.222. The van der Waals surface area contributed by atoms with E-state index in [1.807, 2.05) is 32.0 Å². The van der Waals surface area contributed by atoms with E-state index < -0.39 is 17.6 Å². The molecular formula is C18H19FN2O2. The molecule has 0 aliphatic carbocycles. The van der Waals surface area contributed by atoms with Gasteiger partial charge in [-0.25, -0.2) is 4.39 Å². The van der Waals surface area contributed by atoms with Gasteiger partial charge in [-0.1, -0.05) is 37.3 Å². The van der Waals surface area contributed by atoms with Crippen molar-refractivity contribution in [3.8, 4) is 0 Å². The Bertz CT molecular complexity index is 729. The van der Waals surface area contributed by atoms with E-state index in [1.165, 1.54) is 18.2 Å². The summed E-state index contributed by atoms with van der Waals surface area (Å²) in [5.74, 6) is -1.52. The van der Waals surface area contributed by atoms with Gasteiger partial charge in [0.25, 0.3) is 0 Å². The molecule has 0 aliphatic rings. The summed E-state index contributed by atoms with van der Waals surface area (Å²) in [6.45, 7) is 3.89. The maximum Gasteiger partial charge on any atom is 0.233 e. The number of benzene rings is 2. The number of amides is 2. The number of carbonyl (C=O) groups is 2. The van der Waals surface area contributed by atoms with Crippen molar-refractivity contribution in [2.24, 2.45) is 0 Å². The van der Waals surface area contributed by atoms with Crippen LogP contribution in [0.1, 0.15) is 24.5 Å². The molecule has 2 N–H and O–H groups in total. The molecule has 0 saturated carbocycles. The molecular weight excluding hydrogens is 295 g/mol. The number of rotatable bonds is 5. The number of nitrogens with one attached hydrogen (secondary N) is 2. The largest absolute Gasteiger partial charge is 0.325 e. The normalized spacial score (nSPS) is 10.2. The van der Waals surface area contributed by atoms with Gasteiger partial charge in [-0.2, -0.15) is 0 Å². The Balaban J connectivity index is 2.00. The van der Waals surface area contributed by atoms with Gasteiger partial charge in [-0.05, 0) is 36.6 Å². The van der Waals surface area contributed by atoms with Crippen LogP contribution in [0.25, 0.3) is 0 Å². The Hall–Kier alpha value is -2.69. The number of hydrogen-bond acceptors (Lipinski definition) is 2. The van der Waals surface area contributed by atoms with Crippen molar-refractivity contribution in [1.82, 2.24) is 0 Å². The smallest absolute Gasteiger partial charge is 0.233 e. The lowest BCUT2D eigenvalue weighted by atomic mass is 10.1. The molecule has 0 aromatic heterocycles. The standard InChI is InChI=1S/C18H19FN2O2/c1-3-13-8-6-7-12(2)18(13)21-17(23)11-16(22)20-15-10-5-4-9-14(15)19/h4-10H,3,11H2,1-2H3,(H,20,22)(H,21,23). The minimum Gasteiger partial charge on any atom is -0.325 e. The first-order chi connectivity index (χ1) is 11.0. The molecule has 5 heteroatoms. The molecule has 23 heavy (non-hydrogen) atoms. The van der Waals surface area contributed by atoms with Crippen LogP contribution in [0.15, 0.2) is 42.5 Å². The van der Waals surface area contributed by atoms with Crippen molar-refractivity contribution in [1.29, 1.82) is 0 Å². The van der Waals surface area contributed by atoms with Crippen LogP contribution >= 0.6 is 0 Å². The average molecular weight is 314 g/mol. The molecule has 0 heterocycles. The minimum atomic E-state index is -0.556. The summed E-state index contributed by atoms with van der Waals surface area (Å²) in [5.41, 5.74) is 2.74. The van der Waals surface area contributed by atoms with Crippen LogP contribution in [-0.4, -0.2) is 11.8 Å². The monoisotopic (exact) mass is 314 g/mol. The molecule has 0 bridgehead atoms. The SMILES string of the molecule is CCc1cccc(C)c1NC(=O)CC(=O)Nc1ccccc1F. The van der Waals surface area contributed by atoms with Gasteiger partial charge in [0.15, 0.2) is 0 Å². The topological polar surface area (TPSA) is 58.2 Å². The van der Waals surface area contributed by atoms with Gasteiger partial charge >= 0.3 is 0 Å². The highest BCUT2D eigenvalue weighted by Gasteiger charge is 2.14. The van der Waals surface area contributed by atoms with Crippen molar-refractivity contribution in [3.63, 3.8) is 0 Å². The minimum absolute atomic E-state index is 0.0652. The maximum atomic E-state index is 13.5. The van der Waals surface area contributed by atoms with Gasteiger partial charge in [-0.15, -0.1) is 0 Å². The molecule has 0 unspecified atom stereocenters. The van der Waals surface area contributed by atoms with Crippen LogP contribution in [0.5, 0.6) is 0 Å². The van der Waals surface area contributed by atoms with E-state index in [1.54, 1.807) is 6.07 Å². The zero-order valence-corrected chi connectivity index (χ0v) is 13.2. The van der Waals surface area contributed by atoms with Gasteiger partial charge in [0.1, 0.15) is 12.2 Å². The van der Waals surface area contributed by atoms with Crippen molar-refractivity contribution < 1.29 is 14.0 Å². The van der Waals surface area contributed by atoms with Crippen molar-refractivity contribution in [3.05, 3.63) is 59.4 Å². The molecule has 120 valence electrons. The molecule has 0 radical (unpaired) electrons. The Morgan fingerprint density at radius 2 is 1.70 bits per heavy atom. The predicted molar refractivity (Wildman–Crippen MR) is 88.8 cm³/mol. The summed E-state index contributed by atoms with van der Waals surface area (Å²) in [4.78, 5) is 23.9. The zero-order valence-electron chi connectivity index (χ0n) is 13.2. The Labute approximate surface area is 134 Å². The molecule has 0 fully saturated rings. The van der Waals surface area contributed by atoms with Crippen molar-refractivity contribution >= 4 is 23.2 Å². The van der Waals surface area contributed by atoms with Gasteiger partial charge in [0.2, 0.25) is 11.8 Å². The quantitative estimate of drug-likeness (QED) is 0.827. The number of halogens is 1. The van der Waals surface area contributed by atoms with E-state index >= 15 is 0 Å². The van der Waals surface area contributed by atoms with Crippen LogP contribution in [0.3, 0.4) is 0 Å². The first-order valence-electron chi connectivity index (χ1n) is 7.44. The third kappa shape index (κ3) is 4.39. The lowest BCUT2D eigenvalue weighted by Gasteiger charge is -2.13. The molecule has 0 saturated heterocycles.